The van der Waals surface area contributed by atoms with Gasteiger partial charge in [-0.15, -0.1) is 0 Å². The molecule has 6 nitrogen and oxygen atoms in total. The van der Waals surface area contributed by atoms with E-state index in [1.807, 2.05) is 13.8 Å². The van der Waals surface area contributed by atoms with Crippen LogP contribution in [0.5, 0.6) is 0 Å². The van der Waals surface area contributed by atoms with Crippen LogP contribution in [0, 0.1) is 11.3 Å². The third-order valence-corrected chi connectivity index (χ3v) is 5.70. The van der Waals surface area contributed by atoms with Gasteiger partial charge in [0.15, 0.2) is 5.96 Å². The molecule has 0 aromatic carbocycles. The van der Waals surface area contributed by atoms with Crippen molar-refractivity contribution in [3.8, 4) is 0 Å². The molecule has 25 heavy (non-hydrogen) atoms. The van der Waals surface area contributed by atoms with E-state index in [-0.39, 0.29) is 11.9 Å². The minimum atomic E-state index is 0.129. The second-order valence-electron chi connectivity index (χ2n) is 8.29. The van der Waals surface area contributed by atoms with Gasteiger partial charge in [0, 0.05) is 45.3 Å². The molecule has 0 unspecified atom stereocenters. The van der Waals surface area contributed by atoms with Gasteiger partial charge in [0.05, 0.1) is 6.54 Å². The molecule has 0 spiro atoms. The molecule has 1 saturated heterocycles. The van der Waals surface area contributed by atoms with Gasteiger partial charge in [-0.3, -0.25) is 14.7 Å². The van der Waals surface area contributed by atoms with Gasteiger partial charge in [0.25, 0.3) is 0 Å². The molecule has 3 rings (SSSR count). The Morgan fingerprint density at radius 1 is 1.20 bits per heavy atom. The maximum atomic E-state index is 11.9. The molecule has 0 bridgehead atoms. The Morgan fingerprint density at radius 3 is 2.40 bits per heavy atom. The highest BCUT2D eigenvalue weighted by Crippen LogP contribution is 2.61. The molecular weight excluding hydrogens is 314 g/mol. The fourth-order valence-corrected chi connectivity index (χ4v) is 3.90. The molecular formula is C19H35N5O. The number of rotatable bonds is 7. The molecule has 0 aromatic heterocycles. The van der Waals surface area contributed by atoms with E-state index in [1.54, 1.807) is 0 Å². The molecule has 1 heterocycles. The molecule has 3 fully saturated rings. The van der Waals surface area contributed by atoms with Crippen molar-refractivity contribution in [2.24, 2.45) is 16.3 Å². The maximum Gasteiger partial charge on any atom is 0.234 e. The lowest BCUT2D eigenvalue weighted by molar-refractivity contribution is -0.123. The predicted octanol–water partition coefficient (Wildman–Crippen LogP) is 1.28. The van der Waals surface area contributed by atoms with Gasteiger partial charge in [-0.05, 0) is 57.8 Å². The van der Waals surface area contributed by atoms with Crippen molar-refractivity contribution in [2.45, 2.75) is 52.5 Å². The van der Waals surface area contributed by atoms with Gasteiger partial charge in [-0.1, -0.05) is 0 Å². The van der Waals surface area contributed by atoms with Crippen molar-refractivity contribution in [3.63, 3.8) is 0 Å². The Bertz CT molecular complexity index is 488. The lowest BCUT2D eigenvalue weighted by Crippen LogP contribution is -2.54. The lowest BCUT2D eigenvalue weighted by Gasteiger charge is -2.36. The van der Waals surface area contributed by atoms with Crippen LogP contribution in [-0.2, 0) is 4.79 Å². The van der Waals surface area contributed by atoms with Crippen molar-refractivity contribution in [1.82, 2.24) is 20.4 Å². The second-order valence-corrected chi connectivity index (χ2v) is 8.29. The average Bonchev–Trinajstić information content (AvgIpc) is 3.45. The van der Waals surface area contributed by atoms with Crippen molar-refractivity contribution < 1.29 is 4.79 Å². The summed E-state index contributed by atoms with van der Waals surface area (Å²) in [5, 5.41) is 6.45. The van der Waals surface area contributed by atoms with Crippen molar-refractivity contribution in [3.05, 3.63) is 0 Å². The highest BCUT2D eigenvalue weighted by Gasteiger charge is 2.53. The number of aliphatic imine (C=N–C) groups is 1. The SMILES string of the molecule is CCNC(=NCC1(C2CC2)CC1)N1CCN(CC(=O)NC(C)C)CC1. The Hall–Kier alpha value is -1.30. The van der Waals surface area contributed by atoms with E-state index >= 15 is 0 Å². The van der Waals surface area contributed by atoms with Gasteiger partial charge in [0.1, 0.15) is 0 Å². The first-order valence-electron chi connectivity index (χ1n) is 10.1. The van der Waals surface area contributed by atoms with Gasteiger partial charge in [-0.25, -0.2) is 0 Å². The number of carbonyl (C=O) groups is 1. The van der Waals surface area contributed by atoms with Crippen LogP contribution >= 0.6 is 0 Å². The molecule has 2 saturated carbocycles. The van der Waals surface area contributed by atoms with Crippen LogP contribution < -0.4 is 10.6 Å². The number of hydrogen-bond acceptors (Lipinski definition) is 3. The summed E-state index contributed by atoms with van der Waals surface area (Å²) in [7, 11) is 0. The Morgan fingerprint density at radius 2 is 1.88 bits per heavy atom. The summed E-state index contributed by atoms with van der Waals surface area (Å²) in [5.41, 5.74) is 0.553. The highest BCUT2D eigenvalue weighted by molar-refractivity contribution is 5.80. The van der Waals surface area contributed by atoms with Crippen LogP contribution in [0.15, 0.2) is 4.99 Å². The zero-order valence-electron chi connectivity index (χ0n) is 16.2. The van der Waals surface area contributed by atoms with E-state index in [0.717, 1.165) is 51.1 Å². The standard InChI is InChI=1S/C19H35N5O/c1-4-20-18(21-14-19(7-8-19)16-5-6-16)24-11-9-23(10-12-24)13-17(25)22-15(2)3/h15-16H,4-14H2,1-3H3,(H,20,21)(H,22,25). The van der Waals surface area contributed by atoms with E-state index in [9.17, 15) is 4.79 Å². The Balaban J connectivity index is 1.48. The molecule has 3 aliphatic rings. The molecule has 0 atom stereocenters. The quantitative estimate of drug-likeness (QED) is 0.537. The highest BCUT2D eigenvalue weighted by atomic mass is 16.2. The number of nitrogens with one attached hydrogen (secondary N) is 2. The summed E-state index contributed by atoms with van der Waals surface area (Å²) in [6.07, 6.45) is 5.59. The third-order valence-electron chi connectivity index (χ3n) is 5.70. The fourth-order valence-electron chi connectivity index (χ4n) is 3.90. The van der Waals surface area contributed by atoms with Crippen LogP contribution in [0.4, 0.5) is 0 Å². The number of nitrogens with zero attached hydrogens (tertiary/aromatic N) is 3. The minimum Gasteiger partial charge on any atom is -0.357 e. The first kappa shape index (κ1) is 18.5. The number of hydrogen-bond donors (Lipinski definition) is 2. The summed E-state index contributed by atoms with van der Waals surface area (Å²) < 4.78 is 0. The van der Waals surface area contributed by atoms with Gasteiger partial charge in [0.2, 0.25) is 5.91 Å². The van der Waals surface area contributed by atoms with Gasteiger partial charge in [-0.2, -0.15) is 0 Å². The first-order valence-corrected chi connectivity index (χ1v) is 10.1. The monoisotopic (exact) mass is 349 g/mol. The molecule has 1 amide bonds. The molecule has 1 aliphatic heterocycles. The predicted molar refractivity (Wildman–Crippen MR) is 102 cm³/mol. The Kier molecular flexibility index (Phi) is 5.87. The normalized spacial score (nSPS) is 23.7. The fraction of sp³-hybridized carbons (Fsp3) is 0.895. The van der Waals surface area contributed by atoms with Crippen LogP contribution in [0.3, 0.4) is 0 Å². The van der Waals surface area contributed by atoms with E-state index in [4.69, 9.17) is 4.99 Å². The minimum absolute atomic E-state index is 0.129. The topological polar surface area (TPSA) is 60.0 Å². The molecule has 142 valence electrons. The number of piperazine rings is 1. The molecule has 0 radical (unpaired) electrons. The smallest absolute Gasteiger partial charge is 0.234 e. The summed E-state index contributed by atoms with van der Waals surface area (Å²) >= 11 is 0. The van der Waals surface area contributed by atoms with Crippen LogP contribution in [-0.4, -0.2) is 73.5 Å². The summed E-state index contributed by atoms with van der Waals surface area (Å²) in [5.74, 6) is 2.15. The molecule has 6 heteroatoms. The Labute approximate surface area is 152 Å². The van der Waals surface area contributed by atoms with Crippen LogP contribution in [0.1, 0.15) is 46.5 Å². The number of carbonyl (C=O) groups excluding carboxylic acids is 1. The second kappa shape index (κ2) is 7.94. The zero-order valence-corrected chi connectivity index (χ0v) is 16.2. The zero-order chi connectivity index (χ0) is 17.9. The summed E-state index contributed by atoms with van der Waals surface area (Å²) in [4.78, 5) is 21.5. The summed E-state index contributed by atoms with van der Waals surface area (Å²) in [6, 6.07) is 0.211. The maximum absolute atomic E-state index is 11.9. The largest absolute Gasteiger partial charge is 0.357 e. The van der Waals surface area contributed by atoms with Crippen LogP contribution in [0.2, 0.25) is 0 Å². The van der Waals surface area contributed by atoms with E-state index < -0.39 is 0 Å². The number of guanidine groups is 1. The van der Waals surface area contributed by atoms with Gasteiger partial charge >= 0.3 is 0 Å². The third kappa shape index (κ3) is 5.09. The van der Waals surface area contributed by atoms with E-state index in [0.29, 0.717) is 12.0 Å². The lowest BCUT2D eigenvalue weighted by atomic mass is 10.0. The first-order chi connectivity index (χ1) is 12.0. The average molecular weight is 350 g/mol. The van der Waals surface area contributed by atoms with E-state index in [2.05, 4.69) is 27.4 Å². The molecule has 0 aromatic rings. The summed E-state index contributed by atoms with van der Waals surface area (Å²) in [6.45, 7) is 12.3. The van der Waals surface area contributed by atoms with Crippen LogP contribution in [0.25, 0.3) is 0 Å². The van der Waals surface area contributed by atoms with E-state index in [1.165, 1.54) is 25.7 Å². The van der Waals surface area contributed by atoms with Gasteiger partial charge < -0.3 is 15.5 Å². The van der Waals surface area contributed by atoms with Crippen molar-refractivity contribution in [1.29, 1.82) is 0 Å². The molecule has 2 N–H and O–H groups in total. The molecule has 2 aliphatic carbocycles. The number of amides is 1. The van der Waals surface area contributed by atoms with Crippen molar-refractivity contribution >= 4 is 11.9 Å². The van der Waals surface area contributed by atoms with Crippen molar-refractivity contribution in [2.75, 3.05) is 45.8 Å².